The Morgan fingerprint density at radius 2 is 2.02 bits per heavy atom. The number of aryl methyl sites for hydroxylation is 1. The summed E-state index contributed by atoms with van der Waals surface area (Å²) in [5.41, 5.74) is -0.316. The van der Waals surface area contributed by atoms with Crippen LogP contribution in [0.5, 0.6) is 11.5 Å². The van der Waals surface area contributed by atoms with E-state index in [4.69, 9.17) is 34.6 Å². The molecule has 1 fully saturated rings. The van der Waals surface area contributed by atoms with Gasteiger partial charge in [0.25, 0.3) is 5.91 Å². The van der Waals surface area contributed by atoms with Crippen molar-refractivity contribution in [3.05, 3.63) is 58.2 Å². The maximum Gasteiger partial charge on any atom is 0.431 e. The fourth-order valence-electron chi connectivity index (χ4n) is 4.54. The van der Waals surface area contributed by atoms with E-state index in [1.54, 1.807) is 26.0 Å². The molecule has 4 rings (SSSR count). The summed E-state index contributed by atoms with van der Waals surface area (Å²) in [6.07, 6.45) is 1.79. The number of pyridine rings is 1. The van der Waals surface area contributed by atoms with Crippen molar-refractivity contribution < 1.29 is 48.0 Å². The molecule has 0 unspecified atom stereocenters. The number of anilines is 1. The molecule has 0 saturated carbocycles. The lowest BCUT2D eigenvalue weighted by Crippen LogP contribution is -2.65. The standard InChI is InChI=1S/C28H29N3O11/c1-6-12-38-31-27(36)41-22-20(33)26(42-28(3,4)23(22)37-5)39-17-10-9-16-19(32)18(25(35)40-21(16)14(17)2)24(34)30-15-8-7-11-29-13-15/h1,7-11,13,20,22-23,26,32-33H,12H2,2-5H3,(H,30,34)(H,31,36)/t20-,22+,23-,26-/m1/s1. The molecular formula is C28H29N3O11. The number of rotatable bonds is 8. The molecule has 0 aliphatic carbocycles. The Hall–Kier alpha value is -4.68. The van der Waals surface area contributed by atoms with Crippen LogP contribution in [-0.4, -0.2) is 71.1 Å². The number of nitrogens with one attached hydrogen (secondary N) is 2. The summed E-state index contributed by atoms with van der Waals surface area (Å²) in [6, 6.07) is 5.96. The minimum Gasteiger partial charge on any atom is -0.506 e. The number of carbonyl (C=O) groups is 2. The first-order chi connectivity index (χ1) is 20.0. The predicted octanol–water partition coefficient (Wildman–Crippen LogP) is 2.00. The van der Waals surface area contributed by atoms with Crippen LogP contribution in [0.15, 0.2) is 45.9 Å². The number of hydrogen-bond donors (Lipinski definition) is 4. The fourth-order valence-corrected chi connectivity index (χ4v) is 4.54. The van der Waals surface area contributed by atoms with Gasteiger partial charge in [0.1, 0.15) is 29.8 Å². The Kier molecular flexibility index (Phi) is 8.98. The third kappa shape index (κ3) is 6.14. The minimum absolute atomic E-state index is 0.0607. The molecule has 14 heteroatoms. The van der Waals surface area contributed by atoms with Crippen LogP contribution < -0.4 is 21.2 Å². The van der Waals surface area contributed by atoms with Gasteiger partial charge >= 0.3 is 11.7 Å². The van der Waals surface area contributed by atoms with Crippen LogP contribution in [0.25, 0.3) is 11.0 Å². The van der Waals surface area contributed by atoms with E-state index in [0.717, 1.165) is 0 Å². The molecule has 2 amide bonds. The summed E-state index contributed by atoms with van der Waals surface area (Å²) in [7, 11) is 1.36. The minimum atomic E-state index is -1.56. The van der Waals surface area contributed by atoms with E-state index in [9.17, 15) is 24.6 Å². The largest absolute Gasteiger partial charge is 0.506 e. The van der Waals surface area contributed by atoms with Gasteiger partial charge in [-0.05, 0) is 45.0 Å². The molecule has 0 spiro atoms. The Labute approximate surface area is 239 Å². The number of aliphatic hydroxyl groups excluding tert-OH is 1. The monoisotopic (exact) mass is 583 g/mol. The number of methoxy groups -OCH3 is 1. The number of hydrogen-bond acceptors (Lipinski definition) is 12. The molecule has 1 aliphatic rings. The van der Waals surface area contributed by atoms with E-state index in [1.165, 1.54) is 38.6 Å². The zero-order chi connectivity index (χ0) is 30.6. The van der Waals surface area contributed by atoms with Gasteiger partial charge in [-0.1, -0.05) is 5.92 Å². The average Bonchev–Trinajstić information content (AvgIpc) is 2.93. The van der Waals surface area contributed by atoms with Gasteiger partial charge in [-0.2, -0.15) is 5.48 Å². The van der Waals surface area contributed by atoms with Crippen molar-refractivity contribution in [2.24, 2.45) is 0 Å². The first-order valence-corrected chi connectivity index (χ1v) is 12.6. The number of benzene rings is 1. The van der Waals surface area contributed by atoms with Crippen molar-refractivity contribution in [1.82, 2.24) is 10.5 Å². The van der Waals surface area contributed by atoms with Gasteiger partial charge in [0.15, 0.2) is 17.8 Å². The third-order valence-corrected chi connectivity index (χ3v) is 6.46. The van der Waals surface area contributed by atoms with Crippen LogP contribution >= 0.6 is 0 Å². The highest BCUT2D eigenvalue weighted by Crippen LogP contribution is 2.37. The van der Waals surface area contributed by atoms with Crippen molar-refractivity contribution >= 4 is 28.7 Å². The lowest BCUT2D eigenvalue weighted by Gasteiger charge is -2.47. The summed E-state index contributed by atoms with van der Waals surface area (Å²) < 4.78 is 28.1. The number of aliphatic hydroxyl groups is 1. The van der Waals surface area contributed by atoms with E-state index in [-0.39, 0.29) is 28.9 Å². The number of hydroxylamine groups is 1. The van der Waals surface area contributed by atoms with Crippen molar-refractivity contribution in [3.63, 3.8) is 0 Å². The first kappa shape index (κ1) is 30.3. The fraction of sp³-hybridized carbons (Fsp3) is 0.357. The molecule has 3 aromatic rings. The number of carbonyl (C=O) groups excluding carboxylic acids is 2. The number of ether oxygens (including phenoxy) is 4. The zero-order valence-corrected chi connectivity index (χ0v) is 23.1. The average molecular weight is 584 g/mol. The number of nitrogens with zero attached hydrogens (tertiary/aromatic N) is 1. The molecule has 42 heavy (non-hydrogen) atoms. The molecule has 4 N–H and O–H groups in total. The molecule has 1 aromatic carbocycles. The van der Waals surface area contributed by atoms with Crippen LogP contribution in [0.2, 0.25) is 0 Å². The summed E-state index contributed by atoms with van der Waals surface area (Å²) in [5, 5.41) is 24.5. The van der Waals surface area contributed by atoms with Gasteiger partial charge in [-0.25, -0.2) is 9.59 Å². The van der Waals surface area contributed by atoms with Gasteiger partial charge < -0.3 is 38.9 Å². The van der Waals surface area contributed by atoms with E-state index in [0.29, 0.717) is 5.69 Å². The van der Waals surface area contributed by atoms with Crippen molar-refractivity contribution in [1.29, 1.82) is 0 Å². The van der Waals surface area contributed by atoms with Gasteiger partial charge in [0.2, 0.25) is 6.29 Å². The molecule has 1 aliphatic heterocycles. The number of terminal acetylenes is 1. The lowest BCUT2D eigenvalue weighted by atomic mass is 9.89. The lowest BCUT2D eigenvalue weighted by molar-refractivity contribution is -0.305. The summed E-state index contributed by atoms with van der Waals surface area (Å²) in [5.74, 6) is 0.798. The van der Waals surface area contributed by atoms with E-state index in [2.05, 4.69) is 16.2 Å². The predicted molar refractivity (Wildman–Crippen MR) is 146 cm³/mol. The number of fused-ring (bicyclic) bond motifs is 1. The van der Waals surface area contributed by atoms with Crippen LogP contribution in [0, 0.1) is 19.3 Å². The van der Waals surface area contributed by atoms with E-state index >= 15 is 0 Å². The van der Waals surface area contributed by atoms with Gasteiger partial charge in [-0.3, -0.25) is 14.6 Å². The van der Waals surface area contributed by atoms with E-state index < -0.39 is 59.1 Å². The Bertz CT molecular complexity index is 1570. The summed E-state index contributed by atoms with van der Waals surface area (Å²) in [4.78, 5) is 46.4. The highest BCUT2D eigenvalue weighted by Gasteiger charge is 2.53. The number of amides is 2. The zero-order valence-electron chi connectivity index (χ0n) is 23.1. The maximum absolute atomic E-state index is 12.8. The molecule has 222 valence electrons. The Morgan fingerprint density at radius 1 is 1.26 bits per heavy atom. The summed E-state index contributed by atoms with van der Waals surface area (Å²) >= 11 is 0. The molecule has 0 radical (unpaired) electrons. The molecule has 4 atom stereocenters. The van der Waals surface area contributed by atoms with Gasteiger partial charge in [-0.15, -0.1) is 6.42 Å². The van der Waals surface area contributed by atoms with Crippen molar-refractivity contribution in [3.8, 4) is 23.8 Å². The molecule has 0 bridgehead atoms. The Balaban J connectivity index is 1.61. The second kappa shape index (κ2) is 12.5. The van der Waals surface area contributed by atoms with Crippen molar-refractivity contribution in [2.45, 2.75) is 51.0 Å². The van der Waals surface area contributed by atoms with Crippen LogP contribution in [0.1, 0.15) is 29.8 Å². The van der Waals surface area contributed by atoms with Crippen LogP contribution in [0.4, 0.5) is 10.5 Å². The maximum atomic E-state index is 12.8. The van der Waals surface area contributed by atoms with Crippen LogP contribution in [-0.2, 0) is 19.0 Å². The first-order valence-electron chi connectivity index (χ1n) is 12.6. The normalized spacial score (nSPS) is 21.2. The Morgan fingerprint density at radius 3 is 2.69 bits per heavy atom. The molecular weight excluding hydrogens is 554 g/mol. The third-order valence-electron chi connectivity index (χ3n) is 6.46. The van der Waals surface area contributed by atoms with Crippen LogP contribution in [0.3, 0.4) is 0 Å². The quantitative estimate of drug-likeness (QED) is 0.131. The smallest absolute Gasteiger partial charge is 0.431 e. The summed E-state index contributed by atoms with van der Waals surface area (Å²) in [6.45, 7) is 4.63. The topological polar surface area (TPSA) is 188 Å². The molecule has 1 saturated heterocycles. The van der Waals surface area contributed by atoms with Gasteiger partial charge in [0.05, 0.1) is 22.9 Å². The number of aromatic nitrogens is 1. The molecule has 14 nitrogen and oxygen atoms in total. The van der Waals surface area contributed by atoms with Crippen molar-refractivity contribution in [2.75, 3.05) is 19.0 Å². The SMILES string of the molecule is C#CCONC(=O)O[C@H]1[C@@H](O)[C@H](Oc2ccc3c(O)c(C(=O)Nc4cccnc4)c(=O)oc3c2C)OC(C)(C)[C@@H]1OC. The number of aromatic hydroxyl groups is 1. The highest BCUT2D eigenvalue weighted by molar-refractivity contribution is 6.08. The molecule has 2 aromatic heterocycles. The highest BCUT2D eigenvalue weighted by atomic mass is 16.7. The second-order valence-corrected chi connectivity index (χ2v) is 9.69. The van der Waals surface area contributed by atoms with E-state index in [1.807, 2.05) is 5.48 Å². The second-order valence-electron chi connectivity index (χ2n) is 9.69. The molecule has 3 heterocycles. The van der Waals surface area contributed by atoms with Gasteiger partial charge in [0, 0.05) is 18.9 Å².